The van der Waals surface area contributed by atoms with Crippen molar-refractivity contribution >= 4 is 11.8 Å². The summed E-state index contributed by atoms with van der Waals surface area (Å²) in [7, 11) is 1.97. The van der Waals surface area contributed by atoms with Crippen LogP contribution in [0.3, 0.4) is 0 Å². The molecule has 0 aliphatic carbocycles. The van der Waals surface area contributed by atoms with Crippen molar-refractivity contribution in [2.75, 3.05) is 33.2 Å². The Bertz CT molecular complexity index is 946. The number of nitrogens with zero attached hydrogens (tertiary/aromatic N) is 2. The SMILES string of the molecule is CC/C=C\C/C=C\C/C=C\C/C=C\C/C=C\C/C=C/CCC(=O)NCCN(C)CCNC(=O)c1cccnc1. The first kappa shape index (κ1) is 33.5. The highest BCUT2D eigenvalue weighted by Crippen LogP contribution is 1.98. The van der Waals surface area contributed by atoms with Gasteiger partial charge in [0.15, 0.2) is 0 Å². The average Bonchev–Trinajstić information content (AvgIpc) is 2.94. The number of nitrogens with one attached hydrogen (secondary N) is 2. The maximum absolute atomic E-state index is 12.0. The molecule has 0 fully saturated rings. The van der Waals surface area contributed by atoms with Crippen LogP contribution >= 0.6 is 0 Å². The van der Waals surface area contributed by atoms with Crippen molar-refractivity contribution in [1.29, 1.82) is 0 Å². The number of hydrogen-bond donors (Lipinski definition) is 2. The molecule has 0 bridgehead atoms. The minimum Gasteiger partial charge on any atom is -0.355 e. The number of carbonyl (C=O) groups excluding carboxylic acids is 2. The van der Waals surface area contributed by atoms with Crippen molar-refractivity contribution in [2.45, 2.75) is 58.3 Å². The van der Waals surface area contributed by atoms with E-state index in [0.717, 1.165) is 51.5 Å². The monoisotopic (exact) mass is 532 g/mol. The number of amides is 2. The van der Waals surface area contributed by atoms with Crippen LogP contribution in [0.25, 0.3) is 0 Å². The first-order chi connectivity index (χ1) is 19.1. The molecule has 6 heteroatoms. The predicted molar refractivity (Wildman–Crippen MR) is 165 cm³/mol. The Morgan fingerprint density at radius 1 is 0.769 bits per heavy atom. The van der Waals surface area contributed by atoms with Crippen molar-refractivity contribution in [3.63, 3.8) is 0 Å². The van der Waals surface area contributed by atoms with Crippen LogP contribution in [-0.4, -0.2) is 54.9 Å². The summed E-state index contributed by atoms with van der Waals surface area (Å²) in [5.41, 5.74) is 0.555. The standard InChI is InChI=1S/C33H48N4O2/c1-3-4-5-6-7-8-9-10-11-12-13-14-15-16-17-18-19-20-21-24-32(38)35-26-28-37(2)29-27-36-33(39)31-23-22-25-34-30-31/h4-5,7-8,10-11,13-14,16-17,19-20,22-23,25,30H,3,6,9,12,15,18,21,24,26-29H2,1-2H3,(H,35,38)(H,36,39)/b5-4-,8-7-,11-10-,14-13-,17-16-,20-19+. The summed E-state index contributed by atoms with van der Waals surface area (Å²) < 4.78 is 0. The van der Waals surface area contributed by atoms with Crippen molar-refractivity contribution in [1.82, 2.24) is 20.5 Å². The Hall–Kier alpha value is -3.51. The Balaban J connectivity index is 1.97. The van der Waals surface area contributed by atoms with Crippen LogP contribution in [0.15, 0.2) is 97.4 Å². The van der Waals surface area contributed by atoms with E-state index in [4.69, 9.17) is 0 Å². The first-order valence-corrected chi connectivity index (χ1v) is 14.2. The molecule has 1 aromatic heterocycles. The van der Waals surface area contributed by atoms with Gasteiger partial charge in [-0.25, -0.2) is 0 Å². The van der Waals surface area contributed by atoms with Crippen LogP contribution in [0.5, 0.6) is 0 Å². The molecule has 212 valence electrons. The van der Waals surface area contributed by atoms with Gasteiger partial charge in [0, 0.05) is 45.0 Å². The molecule has 1 aromatic rings. The molecule has 6 nitrogen and oxygen atoms in total. The number of pyridine rings is 1. The number of aromatic nitrogens is 1. The third-order valence-corrected chi connectivity index (χ3v) is 5.65. The van der Waals surface area contributed by atoms with Gasteiger partial charge in [-0.3, -0.25) is 14.6 Å². The number of hydrogen-bond acceptors (Lipinski definition) is 4. The minimum absolute atomic E-state index is 0.0628. The number of allylic oxidation sites excluding steroid dienone is 12. The van der Waals surface area contributed by atoms with Crippen molar-refractivity contribution in [3.05, 3.63) is 103 Å². The van der Waals surface area contributed by atoms with Gasteiger partial charge in [0.05, 0.1) is 5.56 Å². The first-order valence-electron chi connectivity index (χ1n) is 14.2. The van der Waals surface area contributed by atoms with Gasteiger partial charge in [-0.1, -0.05) is 79.8 Å². The topological polar surface area (TPSA) is 74.3 Å². The molecule has 2 N–H and O–H groups in total. The highest BCUT2D eigenvalue weighted by Gasteiger charge is 2.05. The van der Waals surface area contributed by atoms with Crippen LogP contribution in [0.1, 0.15) is 68.6 Å². The van der Waals surface area contributed by atoms with Crippen molar-refractivity contribution < 1.29 is 9.59 Å². The van der Waals surface area contributed by atoms with E-state index >= 15 is 0 Å². The van der Waals surface area contributed by atoms with E-state index in [1.54, 1.807) is 24.5 Å². The Morgan fingerprint density at radius 3 is 1.79 bits per heavy atom. The zero-order valence-corrected chi connectivity index (χ0v) is 23.9. The summed E-state index contributed by atoms with van der Waals surface area (Å²) in [4.78, 5) is 30.0. The van der Waals surface area contributed by atoms with Crippen LogP contribution in [0.4, 0.5) is 0 Å². The molecule has 0 saturated heterocycles. The second-order valence-electron chi connectivity index (χ2n) is 9.10. The number of rotatable bonds is 21. The normalized spacial score (nSPS) is 12.4. The molecular weight excluding hydrogens is 484 g/mol. The fraction of sp³-hybridized carbons (Fsp3) is 0.424. The Kier molecular flexibility index (Phi) is 21.3. The maximum atomic E-state index is 12.0. The molecular formula is C33H48N4O2. The molecule has 39 heavy (non-hydrogen) atoms. The minimum atomic E-state index is -0.126. The lowest BCUT2D eigenvalue weighted by molar-refractivity contribution is -0.121. The zero-order chi connectivity index (χ0) is 28.2. The summed E-state index contributed by atoms with van der Waals surface area (Å²) in [6, 6.07) is 3.48. The lowest BCUT2D eigenvalue weighted by atomic mass is 10.2. The lowest BCUT2D eigenvalue weighted by Gasteiger charge is -2.17. The molecule has 0 radical (unpaired) electrons. The highest BCUT2D eigenvalue weighted by molar-refractivity contribution is 5.93. The molecule has 1 rings (SSSR count). The van der Waals surface area contributed by atoms with E-state index in [1.807, 2.05) is 7.05 Å². The highest BCUT2D eigenvalue weighted by atomic mass is 16.2. The maximum Gasteiger partial charge on any atom is 0.252 e. The second kappa shape index (κ2) is 24.8. The summed E-state index contributed by atoms with van der Waals surface area (Å²) in [5.74, 6) is -0.0630. The molecule has 0 atom stereocenters. The zero-order valence-electron chi connectivity index (χ0n) is 23.9. The van der Waals surface area contributed by atoms with Crippen LogP contribution in [-0.2, 0) is 4.79 Å². The Morgan fingerprint density at radius 2 is 1.28 bits per heavy atom. The van der Waals surface area contributed by atoms with Crippen molar-refractivity contribution in [2.24, 2.45) is 0 Å². The van der Waals surface area contributed by atoms with Crippen LogP contribution in [0.2, 0.25) is 0 Å². The fourth-order valence-corrected chi connectivity index (χ4v) is 3.40. The largest absolute Gasteiger partial charge is 0.355 e. The molecule has 0 saturated carbocycles. The van der Waals surface area contributed by atoms with E-state index in [2.05, 4.69) is 100 Å². The van der Waals surface area contributed by atoms with Crippen LogP contribution < -0.4 is 10.6 Å². The summed E-state index contributed by atoms with van der Waals surface area (Å²) in [5, 5.41) is 5.83. The average molecular weight is 533 g/mol. The fourth-order valence-electron chi connectivity index (χ4n) is 3.40. The van der Waals surface area contributed by atoms with Gasteiger partial charge in [0.1, 0.15) is 0 Å². The van der Waals surface area contributed by atoms with Gasteiger partial charge in [-0.15, -0.1) is 0 Å². The number of carbonyl (C=O) groups is 2. The van der Waals surface area contributed by atoms with Crippen molar-refractivity contribution in [3.8, 4) is 0 Å². The van der Waals surface area contributed by atoms with E-state index in [1.165, 1.54) is 0 Å². The van der Waals surface area contributed by atoms with Crippen LogP contribution in [0, 0.1) is 0 Å². The third-order valence-electron chi connectivity index (χ3n) is 5.65. The molecule has 0 unspecified atom stereocenters. The van der Waals surface area contributed by atoms with E-state index < -0.39 is 0 Å². The molecule has 0 aliphatic rings. The lowest BCUT2D eigenvalue weighted by Crippen LogP contribution is -2.37. The van der Waals surface area contributed by atoms with Gasteiger partial charge in [0.25, 0.3) is 5.91 Å². The van der Waals surface area contributed by atoms with Gasteiger partial charge < -0.3 is 15.5 Å². The van der Waals surface area contributed by atoms with Gasteiger partial charge in [0.2, 0.25) is 5.91 Å². The third kappa shape index (κ3) is 21.1. The summed E-state index contributed by atoms with van der Waals surface area (Å²) >= 11 is 0. The molecule has 0 aromatic carbocycles. The quantitative estimate of drug-likeness (QED) is 0.181. The predicted octanol–water partition coefficient (Wildman–Crippen LogP) is 6.34. The molecule has 0 spiro atoms. The van der Waals surface area contributed by atoms with Gasteiger partial charge >= 0.3 is 0 Å². The van der Waals surface area contributed by atoms with E-state index in [0.29, 0.717) is 31.6 Å². The van der Waals surface area contributed by atoms with Gasteiger partial charge in [-0.05, 0) is 64.1 Å². The van der Waals surface area contributed by atoms with E-state index in [9.17, 15) is 9.59 Å². The molecule has 2 amide bonds. The molecule has 0 aliphatic heterocycles. The summed E-state index contributed by atoms with van der Waals surface area (Å²) in [6.07, 6.45) is 36.5. The summed E-state index contributed by atoms with van der Waals surface area (Å²) in [6.45, 7) is 4.73. The smallest absolute Gasteiger partial charge is 0.252 e. The number of likely N-dealkylation sites (N-methyl/N-ethyl adjacent to an activating group) is 1. The second-order valence-corrected chi connectivity index (χ2v) is 9.10. The molecule has 1 heterocycles. The Labute approximate surface area is 236 Å². The van der Waals surface area contributed by atoms with E-state index in [-0.39, 0.29) is 11.8 Å². The van der Waals surface area contributed by atoms with Gasteiger partial charge in [-0.2, -0.15) is 0 Å².